The molecule has 1 aromatic carbocycles. The summed E-state index contributed by atoms with van der Waals surface area (Å²) in [4.78, 5) is 0. The predicted molar refractivity (Wildman–Crippen MR) is 91.7 cm³/mol. The first-order valence-electron chi connectivity index (χ1n) is 7.26. The van der Waals surface area contributed by atoms with Crippen molar-refractivity contribution in [3.8, 4) is 0 Å². The number of nitrogens with zero attached hydrogens (tertiary/aromatic N) is 2. The monoisotopic (exact) mass is 369 g/mol. The van der Waals surface area contributed by atoms with Crippen molar-refractivity contribution >= 4 is 27.5 Å². The number of aryl methyl sites for hydroxylation is 2. The van der Waals surface area contributed by atoms with Crippen molar-refractivity contribution in [2.45, 2.75) is 32.2 Å². The van der Waals surface area contributed by atoms with E-state index in [1.54, 1.807) is 0 Å². The Morgan fingerprint density at radius 2 is 2.19 bits per heavy atom. The third-order valence-corrected chi connectivity index (χ3v) is 4.22. The van der Waals surface area contributed by atoms with Gasteiger partial charge in [-0.1, -0.05) is 34.5 Å². The maximum absolute atomic E-state index is 6.18. The quantitative estimate of drug-likeness (QED) is 0.777. The fourth-order valence-electron chi connectivity index (χ4n) is 2.42. The van der Waals surface area contributed by atoms with Gasteiger partial charge in [-0.25, -0.2) is 0 Å². The molecule has 3 nitrogen and oxygen atoms in total. The van der Waals surface area contributed by atoms with E-state index >= 15 is 0 Å². The van der Waals surface area contributed by atoms with Crippen LogP contribution in [0.25, 0.3) is 0 Å². The molecule has 2 rings (SSSR count). The summed E-state index contributed by atoms with van der Waals surface area (Å²) in [7, 11) is 1.99. The Hall–Kier alpha value is -0.840. The van der Waals surface area contributed by atoms with Crippen molar-refractivity contribution in [1.29, 1.82) is 0 Å². The molecule has 0 fully saturated rings. The molecule has 1 aromatic heterocycles. The first-order chi connectivity index (χ1) is 10.1. The molecule has 1 N–H and O–H groups in total. The minimum atomic E-state index is 0.301. The molecule has 0 aliphatic heterocycles. The Morgan fingerprint density at radius 1 is 1.38 bits per heavy atom. The highest BCUT2D eigenvalue weighted by Crippen LogP contribution is 2.26. The van der Waals surface area contributed by atoms with Gasteiger partial charge in [0.1, 0.15) is 0 Å². The zero-order valence-corrected chi connectivity index (χ0v) is 14.8. The number of hydrogen-bond acceptors (Lipinski definition) is 2. The van der Waals surface area contributed by atoms with Crippen LogP contribution in [0, 0.1) is 0 Å². The van der Waals surface area contributed by atoms with Gasteiger partial charge in [-0.2, -0.15) is 5.10 Å². The molecule has 0 aliphatic carbocycles. The lowest BCUT2D eigenvalue weighted by atomic mass is 10.0. The molecular formula is C16H21BrClN3. The Kier molecular flexibility index (Phi) is 6.27. The fraction of sp³-hybridized carbons (Fsp3) is 0.438. The number of halogens is 2. The smallest absolute Gasteiger partial charge is 0.0492 e. The van der Waals surface area contributed by atoms with Crippen molar-refractivity contribution in [2.75, 3.05) is 6.54 Å². The third kappa shape index (κ3) is 4.83. The Balaban J connectivity index is 2.11. The van der Waals surface area contributed by atoms with E-state index in [1.165, 1.54) is 11.3 Å². The summed E-state index contributed by atoms with van der Waals surface area (Å²) in [6, 6.07) is 8.48. The SMILES string of the molecule is CCCNC(CCc1ccnn1C)c1cc(Cl)cc(Br)c1. The van der Waals surface area contributed by atoms with E-state index in [4.69, 9.17) is 11.6 Å². The summed E-state index contributed by atoms with van der Waals surface area (Å²) in [5.74, 6) is 0. The van der Waals surface area contributed by atoms with E-state index in [0.29, 0.717) is 6.04 Å². The summed E-state index contributed by atoms with van der Waals surface area (Å²) in [5.41, 5.74) is 2.48. The van der Waals surface area contributed by atoms with E-state index in [2.05, 4.69) is 45.4 Å². The molecule has 0 saturated carbocycles. The van der Waals surface area contributed by atoms with E-state index in [0.717, 1.165) is 35.3 Å². The molecular weight excluding hydrogens is 350 g/mol. The van der Waals surface area contributed by atoms with Gasteiger partial charge in [0.15, 0.2) is 0 Å². The van der Waals surface area contributed by atoms with Crippen molar-refractivity contribution in [3.63, 3.8) is 0 Å². The second kappa shape index (κ2) is 7.97. The molecule has 1 unspecified atom stereocenters. The number of benzene rings is 1. The summed E-state index contributed by atoms with van der Waals surface area (Å²) in [6.45, 7) is 3.18. The molecule has 114 valence electrons. The average molecular weight is 371 g/mol. The molecule has 0 radical (unpaired) electrons. The van der Waals surface area contributed by atoms with Gasteiger partial charge in [-0.15, -0.1) is 0 Å². The molecule has 0 bridgehead atoms. The summed E-state index contributed by atoms with van der Waals surface area (Å²) in [5, 5.41) is 8.61. The fourth-order valence-corrected chi connectivity index (χ4v) is 3.31. The number of nitrogens with one attached hydrogen (secondary N) is 1. The van der Waals surface area contributed by atoms with Crippen LogP contribution < -0.4 is 5.32 Å². The molecule has 0 saturated heterocycles. The van der Waals surface area contributed by atoms with Gasteiger partial charge < -0.3 is 5.32 Å². The average Bonchev–Trinajstić information content (AvgIpc) is 2.83. The zero-order valence-electron chi connectivity index (χ0n) is 12.4. The first kappa shape index (κ1) is 16.5. The Bertz CT molecular complexity index is 562. The van der Waals surface area contributed by atoms with Crippen molar-refractivity contribution in [1.82, 2.24) is 15.1 Å². The van der Waals surface area contributed by atoms with Crippen molar-refractivity contribution in [3.05, 3.63) is 51.2 Å². The van der Waals surface area contributed by atoms with E-state index in [1.807, 2.05) is 30.1 Å². The van der Waals surface area contributed by atoms with Gasteiger partial charge in [0.25, 0.3) is 0 Å². The van der Waals surface area contributed by atoms with Gasteiger partial charge in [0, 0.05) is 34.5 Å². The van der Waals surface area contributed by atoms with Crippen LogP contribution in [-0.4, -0.2) is 16.3 Å². The molecule has 0 aliphatic rings. The topological polar surface area (TPSA) is 29.9 Å². The highest BCUT2D eigenvalue weighted by molar-refractivity contribution is 9.10. The van der Waals surface area contributed by atoms with Crippen LogP contribution >= 0.6 is 27.5 Å². The zero-order chi connectivity index (χ0) is 15.2. The molecule has 1 atom stereocenters. The highest BCUT2D eigenvalue weighted by Gasteiger charge is 2.13. The maximum Gasteiger partial charge on any atom is 0.0492 e. The molecule has 5 heteroatoms. The number of hydrogen-bond donors (Lipinski definition) is 1. The molecule has 0 amide bonds. The van der Waals surface area contributed by atoms with Crippen molar-refractivity contribution < 1.29 is 0 Å². The van der Waals surface area contributed by atoms with E-state index < -0.39 is 0 Å². The van der Waals surface area contributed by atoms with Crippen LogP contribution in [0.3, 0.4) is 0 Å². The van der Waals surface area contributed by atoms with Gasteiger partial charge in [0.2, 0.25) is 0 Å². The third-order valence-electron chi connectivity index (χ3n) is 3.54. The van der Waals surface area contributed by atoms with Gasteiger partial charge in [0.05, 0.1) is 0 Å². The van der Waals surface area contributed by atoms with Crippen LogP contribution in [0.5, 0.6) is 0 Å². The maximum atomic E-state index is 6.18. The summed E-state index contributed by atoms with van der Waals surface area (Å²) >= 11 is 9.71. The highest BCUT2D eigenvalue weighted by atomic mass is 79.9. The second-order valence-electron chi connectivity index (χ2n) is 5.19. The van der Waals surface area contributed by atoms with Gasteiger partial charge in [-0.05, 0) is 55.6 Å². The lowest BCUT2D eigenvalue weighted by molar-refractivity contribution is 0.491. The Labute approximate surface area is 139 Å². The van der Waals surface area contributed by atoms with Crippen LogP contribution in [0.2, 0.25) is 5.02 Å². The lowest BCUT2D eigenvalue weighted by Gasteiger charge is -2.20. The van der Waals surface area contributed by atoms with Gasteiger partial charge in [-0.3, -0.25) is 4.68 Å². The molecule has 0 spiro atoms. The standard InChI is InChI=1S/C16H21BrClN3/c1-3-7-19-16(5-4-15-6-8-20-21(15)2)12-9-13(17)11-14(18)10-12/h6,8-11,16,19H,3-5,7H2,1-2H3. The number of rotatable bonds is 7. The lowest BCUT2D eigenvalue weighted by Crippen LogP contribution is -2.23. The molecule has 2 aromatic rings. The first-order valence-corrected chi connectivity index (χ1v) is 8.43. The van der Waals surface area contributed by atoms with Crippen LogP contribution in [0.15, 0.2) is 34.9 Å². The summed E-state index contributed by atoms with van der Waals surface area (Å²) in [6.07, 6.45) is 4.97. The van der Waals surface area contributed by atoms with E-state index in [-0.39, 0.29) is 0 Å². The number of aromatic nitrogens is 2. The van der Waals surface area contributed by atoms with Gasteiger partial charge >= 0.3 is 0 Å². The normalized spacial score (nSPS) is 12.6. The van der Waals surface area contributed by atoms with E-state index in [9.17, 15) is 0 Å². The Morgan fingerprint density at radius 3 is 2.81 bits per heavy atom. The van der Waals surface area contributed by atoms with Crippen molar-refractivity contribution in [2.24, 2.45) is 7.05 Å². The minimum Gasteiger partial charge on any atom is -0.310 e. The predicted octanol–water partition coefficient (Wildman–Crippen LogP) is 4.51. The minimum absolute atomic E-state index is 0.301. The second-order valence-corrected chi connectivity index (χ2v) is 6.55. The molecule has 21 heavy (non-hydrogen) atoms. The van der Waals surface area contributed by atoms with Crippen LogP contribution in [0.4, 0.5) is 0 Å². The molecule has 1 heterocycles. The van der Waals surface area contributed by atoms with Crippen LogP contribution in [-0.2, 0) is 13.5 Å². The summed E-state index contributed by atoms with van der Waals surface area (Å²) < 4.78 is 2.96. The van der Waals surface area contributed by atoms with Crippen LogP contribution in [0.1, 0.15) is 37.1 Å². The largest absolute Gasteiger partial charge is 0.310 e.